The van der Waals surface area contributed by atoms with Crippen LogP contribution in [0.15, 0.2) is 65.8 Å². The SMILES string of the molecule is C/C(=N\Nc1nc(C)nc2sc(-c3ccccc3)cc12)c1ccc(O)cc1. The van der Waals surface area contributed by atoms with Crippen LogP contribution >= 0.6 is 11.3 Å². The summed E-state index contributed by atoms with van der Waals surface area (Å²) in [6.45, 7) is 3.79. The maximum absolute atomic E-state index is 9.42. The van der Waals surface area contributed by atoms with Gasteiger partial charge in [-0.15, -0.1) is 11.3 Å². The second kappa shape index (κ2) is 7.17. The third-order valence-corrected chi connectivity index (χ3v) is 5.26. The minimum atomic E-state index is 0.236. The second-order valence-electron chi connectivity index (χ2n) is 6.17. The number of phenols is 1. The first-order valence-corrected chi connectivity index (χ1v) is 9.35. The zero-order valence-corrected chi connectivity index (χ0v) is 15.8. The molecule has 0 aliphatic rings. The molecule has 4 aromatic rings. The fourth-order valence-electron chi connectivity index (χ4n) is 2.76. The van der Waals surface area contributed by atoms with Crippen molar-refractivity contribution in [1.82, 2.24) is 9.97 Å². The summed E-state index contributed by atoms with van der Waals surface area (Å²) in [5.74, 6) is 1.62. The van der Waals surface area contributed by atoms with Crippen molar-refractivity contribution < 1.29 is 5.11 Å². The van der Waals surface area contributed by atoms with Crippen molar-refractivity contribution in [2.75, 3.05) is 5.43 Å². The van der Waals surface area contributed by atoms with Gasteiger partial charge in [0.2, 0.25) is 0 Å². The smallest absolute Gasteiger partial charge is 0.158 e. The van der Waals surface area contributed by atoms with Gasteiger partial charge in [0.15, 0.2) is 5.82 Å². The molecule has 2 aromatic heterocycles. The van der Waals surface area contributed by atoms with E-state index in [0.29, 0.717) is 11.6 Å². The van der Waals surface area contributed by atoms with Crippen LogP contribution in [0.4, 0.5) is 5.82 Å². The summed E-state index contributed by atoms with van der Waals surface area (Å²) in [4.78, 5) is 11.2. The maximum Gasteiger partial charge on any atom is 0.158 e. The quantitative estimate of drug-likeness (QED) is 0.380. The van der Waals surface area contributed by atoms with Crippen LogP contribution in [0.2, 0.25) is 0 Å². The molecule has 6 heteroatoms. The molecule has 2 N–H and O–H groups in total. The first kappa shape index (κ1) is 17.2. The topological polar surface area (TPSA) is 70.4 Å². The Hall–Kier alpha value is -3.25. The fraction of sp³-hybridized carbons (Fsp3) is 0.0952. The van der Waals surface area contributed by atoms with Crippen molar-refractivity contribution in [3.05, 3.63) is 72.1 Å². The summed E-state index contributed by atoms with van der Waals surface area (Å²) >= 11 is 1.64. The fourth-order valence-corrected chi connectivity index (χ4v) is 3.84. The Labute approximate surface area is 161 Å². The molecule has 2 heterocycles. The van der Waals surface area contributed by atoms with E-state index >= 15 is 0 Å². The standard InChI is InChI=1S/C21H18N4OS/c1-13(15-8-10-17(26)11-9-15)24-25-20-18-12-19(16-6-4-3-5-7-16)27-21(18)23-14(2)22-20/h3-12,26H,1-2H3,(H,22,23,25)/b24-13+. The highest BCUT2D eigenvalue weighted by molar-refractivity contribution is 7.21. The van der Waals surface area contributed by atoms with Crippen LogP contribution in [0.3, 0.4) is 0 Å². The molecular formula is C21H18N4OS. The molecule has 27 heavy (non-hydrogen) atoms. The molecule has 0 unspecified atom stereocenters. The van der Waals surface area contributed by atoms with E-state index < -0.39 is 0 Å². The summed E-state index contributed by atoms with van der Waals surface area (Å²) < 4.78 is 0. The molecule has 0 atom stereocenters. The number of benzene rings is 2. The third-order valence-electron chi connectivity index (χ3n) is 4.18. The lowest BCUT2D eigenvalue weighted by atomic mass is 10.1. The number of nitrogens with zero attached hydrogens (tertiary/aromatic N) is 3. The summed E-state index contributed by atoms with van der Waals surface area (Å²) in [7, 11) is 0. The molecular weight excluding hydrogens is 356 g/mol. The number of hydrazone groups is 1. The van der Waals surface area contributed by atoms with Crippen molar-refractivity contribution in [3.63, 3.8) is 0 Å². The lowest BCUT2D eigenvalue weighted by Crippen LogP contribution is -2.02. The first-order valence-electron chi connectivity index (χ1n) is 8.53. The van der Waals surface area contributed by atoms with Crippen LogP contribution in [0, 0.1) is 6.92 Å². The maximum atomic E-state index is 9.42. The van der Waals surface area contributed by atoms with Gasteiger partial charge in [0.05, 0.1) is 11.1 Å². The lowest BCUT2D eigenvalue weighted by molar-refractivity contribution is 0.475. The van der Waals surface area contributed by atoms with Crippen molar-refractivity contribution in [2.24, 2.45) is 5.10 Å². The Kier molecular flexibility index (Phi) is 4.56. The van der Waals surface area contributed by atoms with E-state index in [1.807, 2.05) is 44.2 Å². The number of thiophene rings is 1. The molecule has 134 valence electrons. The molecule has 0 bridgehead atoms. The minimum Gasteiger partial charge on any atom is -0.508 e. The predicted octanol–water partition coefficient (Wildman–Crippen LogP) is 5.21. The zero-order valence-electron chi connectivity index (χ0n) is 15.0. The van der Waals surface area contributed by atoms with E-state index in [1.165, 1.54) is 0 Å². The zero-order chi connectivity index (χ0) is 18.8. The van der Waals surface area contributed by atoms with E-state index in [1.54, 1.807) is 23.5 Å². The number of nitrogens with one attached hydrogen (secondary N) is 1. The summed E-state index contributed by atoms with van der Waals surface area (Å²) in [6, 6.07) is 19.3. The van der Waals surface area contributed by atoms with Gasteiger partial charge in [-0.3, -0.25) is 5.43 Å². The van der Waals surface area contributed by atoms with Crippen LogP contribution in [-0.4, -0.2) is 20.8 Å². The Bertz CT molecular complexity index is 1120. The number of aromatic hydroxyl groups is 1. The Balaban J connectivity index is 1.69. The molecule has 0 amide bonds. The average molecular weight is 374 g/mol. The number of aryl methyl sites for hydroxylation is 1. The number of hydrogen-bond donors (Lipinski definition) is 2. The number of aromatic nitrogens is 2. The van der Waals surface area contributed by atoms with E-state index in [0.717, 1.165) is 31.9 Å². The number of rotatable bonds is 4. The van der Waals surface area contributed by atoms with Crippen molar-refractivity contribution in [1.29, 1.82) is 0 Å². The number of fused-ring (bicyclic) bond motifs is 1. The highest BCUT2D eigenvalue weighted by Gasteiger charge is 2.11. The summed E-state index contributed by atoms with van der Waals surface area (Å²) in [5.41, 5.74) is 5.98. The molecule has 0 fully saturated rings. The lowest BCUT2D eigenvalue weighted by Gasteiger charge is -2.05. The number of anilines is 1. The van der Waals surface area contributed by atoms with Crippen LogP contribution in [-0.2, 0) is 0 Å². The van der Waals surface area contributed by atoms with Gasteiger partial charge in [-0.1, -0.05) is 30.3 Å². The Morgan fingerprint density at radius 2 is 1.78 bits per heavy atom. The van der Waals surface area contributed by atoms with Crippen LogP contribution in [0.1, 0.15) is 18.3 Å². The van der Waals surface area contributed by atoms with Crippen LogP contribution in [0.5, 0.6) is 5.75 Å². The van der Waals surface area contributed by atoms with Gasteiger partial charge in [0.1, 0.15) is 16.4 Å². The van der Waals surface area contributed by atoms with Gasteiger partial charge in [-0.25, -0.2) is 9.97 Å². The van der Waals surface area contributed by atoms with Gasteiger partial charge in [-0.2, -0.15) is 5.10 Å². The monoisotopic (exact) mass is 374 g/mol. The van der Waals surface area contributed by atoms with Crippen LogP contribution in [0.25, 0.3) is 20.7 Å². The van der Waals surface area contributed by atoms with Gasteiger partial charge >= 0.3 is 0 Å². The Morgan fingerprint density at radius 1 is 1.04 bits per heavy atom. The van der Waals surface area contributed by atoms with Gasteiger partial charge in [0.25, 0.3) is 0 Å². The molecule has 2 aromatic carbocycles. The highest BCUT2D eigenvalue weighted by Crippen LogP contribution is 2.35. The molecule has 0 aliphatic heterocycles. The molecule has 0 aliphatic carbocycles. The molecule has 5 nitrogen and oxygen atoms in total. The molecule has 0 spiro atoms. The molecule has 4 rings (SSSR count). The normalized spacial score (nSPS) is 11.7. The first-order chi connectivity index (χ1) is 13.1. The van der Waals surface area contributed by atoms with Crippen molar-refractivity contribution >= 4 is 33.1 Å². The average Bonchev–Trinajstić information content (AvgIpc) is 3.11. The third kappa shape index (κ3) is 3.66. The van der Waals surface area contributed by atoms with E-state index in [2.05, 4.69) is 38.7 Å². The molecule has 0 saturated carbocycles. The van der Waals surface area contributed by atoms with Crippen molar-refractivity contribution in [2.45, 2.75) is 13.8 Å². The van der Waals surface area contributed by atoms with Gasteiger partial charge in [0, 0.05) is 4.88 Å². The number of hydrogen-bond acceptors (Lipinski definition) is 6. The van der Waals surface area contributed by atoms with E-state index in [4.69, 9.17) is 0 Å². The van der Waals surface area contributed by atoms with Crippen molar-refractivity contribution in [3.8, 4) is 16.2 Å². The van der Waals surface area contributed by atoms with Gasteiger partial charge < -0.3 is 5.11 Å². The van der Waals surface area contributed by atoms with E-state index in [-0.39, 0.29) is 5.75 Å². The summed E-state index contributed by atoms with van der Waals surface area (Å²) in [5, 5.41) is 14.8. The Morgan fingerprint density at radius 3 is 2.52 bits per heavy atom. The largest absolute Gasteiger partial charge is 0.508 e. The molecule has 0 radical (unpaired) electrons. The predicted molar refractivity (Wildman–Crippen MR) is 112 cm³/mol. The second-order valence-corrected chi connectivity index (χ2v) is 7.20. The summed E-state index contributed by atoms with van der Waals surface area (Å²) in [6.07, 6.45) is 0. The van der Waals surface area contributed by atoms with Crippen LogP contribution < -0.4 is 5.43 Å². The number of phenolic OH excluding ortho intramolecular Hbond substituents is 1. The van der Waals surface area contributed by atoms with E-state index in [9.17, 15) is 5.11 Å². The highest BCUT2D eigenvalue weighted by atomic mass is 32.1. The molecule has 0 saturated heterocycles. The minimum absolute atomic E-state index is 0.236. The van der Waals surface area contributed by atoms with Gasteiger partial charge in [-0.05, 0) is 55.3 Å².